The van der Waals surface area contributed by atoms with Crippen molar-refractivity contribution in [3.8, 4) is 0 Å². The molecule has 2 aliphatic rings. The molecule has 0 unspecified atom stereocenters. The lowest BCUT2D eigenvalue weighted by Crippen LogP contribution is -2.38. The number of piperidine rings is 1. The minimum atomic E-state index is -0.883. The van der Waals surface area contributed by atoms with E-state index in [0.29, 0.717) is 11.6 Å². The molecular formula is C21H25N5O3. The number of benzene rings is 1. The van der Waals surface area contributed by atoms with E-state index in [1.807, 2.05) is 36.9 Å². The fourth-order valence-electron chi connectivity index (χ4n) is 4.01. The Morgan fingerprint density at radius 1 is 1.17 bits per heavy atom. The Bertz CT molecular complexity index is 1020. The molecular weight excluding hydrogens is 370 g/mol. The van der Waals surface area contributed by atoms with Gasteiger partial charge < -0.3 is 15.5 Å². The molecule has 3 heterocycles. The second kappa shape index (κ2) is 7.69. The van der Waals surface area contributed by atoms with Crippen molar-refractivity contribution in [1.82, 2.24) is 9.97 Å². The van der Waals surface area contributed by atoms with Gasteiger partial charge in [0.2, 0.25) is 17.8 Å². The van der Waals surface area contributed by atoms with E-state index in [1.165, 1.54) is 0 Å². The Balaban J connectivity index is 1.65. The SMILES string of the molecule is Cc1ccc(NC(=O)[C@H]2CC(=O)Nc3nc(N4CCCCC4)[nH]c(=O)c32)c(C)c1. The Morgan fingerprint density at radius 2 is 1.93 bits per heavy atom. The maximum Gasteiger partial charge on any atom is 0.258 e. The van der Waals surface area contributed by atoms with Crippen LogP contribution in [0.5, 0.6) is 0 Å². The van der Waals surface area contributed by atoms with Crippen LogP contribution in [0.1, 0.15) is 48.3 Å². The summed E-state index contributed by atoms with van der Waals surface area (Å²) in [5, 5.41) is 5.53. The van der Waals surface area contributed by atoms with Gasteiger partial charge in [-0.25, -0.2) is 0 Å². The topological polar surface area (TPSA) is 107 Å². The Morgan fingerprint density at radius 3 is 2.66 bits per heavy atom. The number of fused-ring (bicyclic) bond motifs is 1. The zero-order valence-electron chi connectivity index (χ0n) is 16.7. The highest BCUT2D eigenvalue weighted by atomic mass is 16.2. The molecule has 2 amide bonds. The number of carbonyl (C=O) groups excluding carboxylic acids is 2. The third kappa shape index (κ3) is 3.87. The molecule has 1 atom stereocenters. The number of aromatic nitrogens is 2. The van der Waals surface area contributed by atoms with Crippen LogP contribution in [0.2, 0.25) is 0 Å². The van der Waals surface area contributed by atoms with E-state index in [-0.39, 0.29) is 35.2 Å². The van der Waals surface area contributed by atoms with Crippen LogP contribution in [0.4, 0.5) is 17.5 Å². The molecule has 0 radical (unpaired) electrons. The van der Waals surface area contributed by atoms with Gasteiger partial charge in [-0.15, -0.1) is 0 Å². The first-order chi connectivity index (χ1) is 13.9. The van der Waals surface area contributed by atoms with Crippen LogP contribution < -0.4 is 21.1 Å². The van der Waals surface area contributed by atoms with Gasteiger partial charge in [0.25, 0.3) is 5.56 Å². The summed E-state index contributed by atoms with van der Waals surface area (Å²) in [5.74, 6) is -0.950. The summed E-state index contributed by atoms with van der Waals surface area (Å²) < 4.78 is 0. The van der Waals surface area contributed by atoms with E-state index in [1.54, 1.807) is 0 Å². The summed E-state index contributed by atoms with van der Waals surface area (Å²) >= 11 is 0. The molecule has 2 aliphatic heterocycles. The minimum absolute atomic E-state index is 0.0858. The quantitative estimate of drug-likeness (QED) is 0.740. The largest absolute Gasteiger partial charge is 0.342 e. The van der Waals surface area contributed by atoms with Crippen molar-refractivity contribution in [3.05, 3.63) is 45.2 Å². The van der Waals surface area contributed by atoms with Gasteiger partial charge in [0.1, 0.15) is 5.82 Å². The van der Waals surface area contributed by atoms with Gasteiger partial charge in [0.15, 0.2) is 0 Å². The average molecular weight is 395 g/mol. The summed E-state index contributed by atoms with van der Waals surface area (Å²) in [6.45, 7) is 5.51. The number of H-pyrrole nitrogens is 1. The van der Waals surface area contributed by atoms with Crippen molar-refractivity contribution < 1.29 is 9.59 Å². The smallest absolute Gasteiger partial charge is 0.258 e. The lowest BCUT2D eigenvalue weighted by Gasteiger charge is -2.29. The van der Waals surface area contributed by atoms with Crippen molar-refractivity contribution in [2.75, 3.05) is 28.6 Å². The van der Waals surface area contributed by atoms with E-state index in [4.69, 9.17) is 0 Å². The van der Waals surface area contributed by atoms with Crippen LogP contribution in [-0.2, 0) is 9.59 Å². The number of amides is 2. The molecule has 0 spiro atoms. The van der Waals surface area contributed by atoms with Crippen LogP contribution in [0.25, 0.3) is 0 Å². The Kier molecular flexibility index (Phi) is 5.08. The molecule has 0 bridgehead atoms. The molecule has 8 heteroatoms. The summed E-state index contributed by atoms with van der Waals surface area (Å²) in [6.07, 6.45) is 3.14. The van der Waals surface area contributed by atoms with E-state index < -0.39 is 5.92 Å². The normalized spacial score (nSPS) is 18.8. The predicted octanol–water partition coefficient (Wildman–Crippen LogP) is 2.44. The third-order valence-corrected chi connectivity index (χ3v) is 5.55. The number of nitrogens with one attached hydrogen (secondary N) is 3. The van der Waals surface area contributed by atoms with Crippen LogP contribution >= 0.6 is 0 Å². The number of nitrogens with zero attached hydrogens (tertiary/aromatic N) is 2. The van der Waals surface area contributed by atoms with Gasteiger partial charge >= 0.3 is 0 Å². The predicted molar refractivity (Wildman–Crippen MR) is 111 cm³/mol. The van der Waals surface area contributed by atoms with Gasteiger partial charge in [0.05, 0.1) is 11.5 Å². The maximum atomic E-state index is 13.0. The van der Waals surface area contributed by atoms with Gasteiger partial charge in [-0.3, -0.25) is 19.4 Å². The number of rotatable bonds is 3. The Hall–Kier alpha value is -3.16. The third-order valence-electron chi connectivity index (χ3n) is 5.55. The Labute approximate surface area is 168 Å². The van der Waals surface area contributed by atoms with E-state index in [9.17, 15) is 14.4 Å². The minimum Gasteiger partial charge on any atom is -0.342 e. The van der Waals surface area contributed by atoms with Gasteiger partial charge in [0, 0.05) is 25.2 Å². The van der Waals surface area contributed by atoms with Crippen molar-refractivity contribution in [2.24, 2.45) is 0 Å². The van der Waals surface area contributed by atoms with E-state index >= 15 is 0 Å². The molecule has 2 aromatic rings. The number of carbonyl (C=O) groups is 2. The molecule has 1 fully saturated rings. The average Bonchev–Trinajstić information content (AvgIpc) is 2.69. The summed E-state index contributed by atoms with van der Waals surface area (Å²) in [7, 11) is 0. The van der Waals surface area contributed by atoms with Crippen molar-refractivity contribution in [1.29, 1.82) is 0 Å². The molecule has 152 valence electrons. The highest BCUT2D eigenvalue weighted by molar-refractivity contribution is 6.04. The zero-order valence-corrected chi connectivity index (χ0v) is 16.7. The molecule has 0 aliphatic carbocycles. The van der Waals surface area contributed by atoms with E-state index in [0.717, 1.165) is 43.5 Å². The summed E-state index contributed by atoms with van der Waals surface area (Å²) in [6, 6.07) is 5.70. The monoisotopic (exact) mass is 395 g/mol. The summed E-state index contributed by atoms with van der Waals surface area (Å²) in [5.41, 5.74) is 2.52. The highest BCUT2D eigenvalue weighted by Crippen LogP contribution is 2.31. The lowest BCUT2D eigenvalue weighted by molar-refractivity contribution is -0.123. The van der Waals surface area contributed by atoms with Crippen LogP contribution in [0.15, 0.2) is 23.0 Å². The first-order valence-corrected chi connectivity index (χ1v) is 9.99. The highest BCUT2D eigenvalue weighted by Gasteiger charge is 2.35. The molecule has 4 rings (SSSR count). The number of hydrogen-bond donors (Lipinski definition) is 3. The number of anilines is 3. The van der Waals surface area contributed by atoms with Crippen molar-refractivity contribution in [3.63, 3.8) is 0 Å². The molecule has 1 saturated heterocycles. The van der Waals surface area contributed by atoms with Crippen molar-refractivity contribution >= 4 is 29.3 Å². The van der Waals surface area contributed by atoms with E-state index in [2.05, 4.69) is 20.6 Å². The molecule has 29 heavy (non-hydrogen) atoms. The second-order valence-corrected chi connectivity index (χ2v) is 7.81. The van der Waals surface area contributed by atoms with Crippen molar-refractivity contribution in [2.45, 2.75) is 45.4 Å². The standard InChI is InChI=1S/C21H25N5O3/c1-12-6-7-15(13(2)10-12)22-19(28)14-11-16(27)23-18-17(14)20(29)25-21(24-18)26-8-4-3-5-9-26/h6-7,10,14H,3-5,8-9,11H2,1-2H3,(H,22,28)(H2,23,24,25,27,29)/t14-/m0/s1. The maximum absolute atomic E-state index is 13.0. The fourth-order valence-corrected chi connectivity index (χ4v) is 4.01. The molecule has 1 aromatic heterocycles. The van der Waals surface area contributed by atoms with Crippen LogP contribution in [-0.4, -0.2) is 34.9 Å². The zero-order chi connectivity index (χ0) is 20.5. The van der Waals surface area contributed by atoms with Crippen LogP contribution in [0, 0.1) is 13.8 Å². The number of aromatic amines is 1. The lowest BCUT2D eigenvalue weighted by atomic mass is 9.92. The van der Waals surface area contributed by atoms with Gasteiger partial charge in [-0.2, -0.15) is 4.98 Å². The number of hydrogen-bond acceptors (Lipinski definition) is 5. The first kappa shape index (κ1) is 19.2. The fraction of sp³-hybridized carbons (Fsp3) is 0.429. The molecule has 1 aromatic carbocycles. The van der Waals surface area contributed by atoms with Gasteiger partial charge in [-0.05, 0) is 44.7 Å². The van der Waals surface area contributed by atoms with Gasteiger partial charge in [-0.1, -0.05) is 17.7 Å². The van der Waals surface area contributed by atoms with Crippen LogP contribution in [0.3, 0.4) is 0 Å². The second-order valence-electron chi connectivity index (χ2n) is 7.81. The summed E-state index contributed by atoms with van der Waals surface area (Å²) in [4.78, 5) is 47.4. The molecule has 8 nitrogen and oxygen atoms in total. The molecule has 3 N–H and O–H groups in total. The number of aryl methyl sites for hydroxylation is 2. The first-order valence-electron chi connectivity index (χ1n) is 9.99. The molecule has 0 saturated carbocycles.